The molecule has 2 aromatic carbocycles. The van der Waals surface area contributed by atoms with Crippen molar-refractivity contribution in [3.05, 3.63) is 65.4 Å². The Labute approximate surface area is 191 Å². The molecule has 9 heteroatoms. The summed E-state index contributed by atoms with van der Waals surface area (Å²) in [4.78, 5) is 2.07. The van der Waals surface area contributed by atoms with Gasteiger partial charge in [-0.2, -0.15) is 18.3 Å². The molecule has 33 heavy (non-hydrogen) atoms. The fourth-order valence-electron chi connectivity index (χ4n) is 3.53. The van der Waals surface area contributed by atoms with E-state index in [1.807, 2.05) is 38.4 Å². The number of alkyl halides is 3. The Morgan fingerprint density at radius 3 is 2.64 bits per heavy atom. The second kappa shape index (κ2) is 11.2. The average Bonchev–Trinajstić information content (AvgIpc) is 3.25. The van der Waals surface area contributed by atoms with Crippen molar-refractivity contribution < 1.29 is 22.6 Å². The molecule has 0 fully saturated rings. The Kier molecular flexibility index (Phi) is 8.35. The zero-order valence-corrected chi connectivity index (χ0v) is 19.0. The molecule has 0 atom stereocenters. The predicted octanol–water partition coefficient (Wildman–Crippen LogP) is 4.38. The van der Waals surface area contributed by atoms with Crippen LogP contribution in [0.4, 0.5) is 13.2 Å². The van der Waals surface area contributed by atoms with Crippen molar-refractivity contribution in [2.75, 3.05) is 40.9 Å². The van der Waals surface area contributed by atoms with Gasteiger partial charge in [0.15, 0.2) is 0 Å². The lowest BCUT2D eigenvalue weighted by Crippen LogP contribution is -2.27. The Bertz CT molecular complexity index is 1040. The van der Waals surface area contributed by atoms with Crippen LogP contribution in [-0.2, 0) is 19.1 Å². The van der Waals surface area contributed by atoms with Crippen LogP contribution in [0.25, 0.3) is 11.3 Å². The number of likely N-dealkylation sites (N-methyl/N-ethyl adjacent to an activating group) is 2. The molecule has 0 saturated carbocycles. The summed E-state index contributed by atoms with van der Waals surface area (Å²) >= 11 is 0. The van der Waals surface area contributed by atoms with Crippen molar-refractivity contribution in [3.8, 4) is 22.8 Å². The first-order chi connectivity index (χ1) is 15.8. The quantitative estimate of drug-likeness (QED) is 0.443. The maximum atomic E-state index is 13.6. The van der Waals surface area contributed by atoms with Gasteiger partial charge in [0.25, 0.3) is 0 Å². The van der Waals surface area contributed by atoms with Crippen molar-refractivity contribution in [1.29, 1.82) is 0 Å². The van der Waals surface area contributed by atoms with Gasteiger partial charge in [-0.25, -0.2) is 0 Å². The van der Waals surface area contributed by atoms with Crippen molar-refractivity contribution >= 4 is 0 Å². The molecule has 0 aliphatic carbocycles. The molecule has 3 aromatic rings. The van der Waals surface area contributed by atoms with Crippen molar-refractivity contribution in [1.82, 2.24) is 20.4 Å². The standard InChI is InChI=1S/C24H29F3N4O2/c1-28-9-10-31(2)16-19-15-29-30-23(19)18-12-20(24(25,26)27)14-21(13-18)33-11-8-17-6-4-5-7-22(17)32-3/h4-7,12-15,28H,8-11,16H2,1-3H3,(H,29,30). The van der Waals surface area contributed by atoms with E-state index in [9.17, 15) is 13.2 Å². The predicted molar refractivity (Wildman–Crippen MR) is 121 cm³/mol. The van der Waals surface area contributed by atoms with Crippen LogP contribution in [0.1, 0.15) is 16.7 Å². The van der Waals surface area contributed by atoms with Crippen LogP contribution in [0.2, 0.25) is 0 Å². The number of aromatic amines is 1. The van der Waals surface area contributed by atoms with Gasteiger partial charge in [-0.15, -0.1) is 0 Å². The molecule has 0 unspecified atom stereocenters. The van der Waals surface area contributed by atoms with Crippen LogP contribution in [-0.4, -0.2) is 56.0 Å². The molecular formula is C24H29F3N4O2. The summed E-state index contributed by atoms with van der Waals surface area (Å²) in [6.07, 6.45) is -2.29. The van der Waals surface area contributed by atoms with E-state index in [1.54, 1.807) is 19.4 Å². The SMILES string of the molecule is CNCCN(C)Cc1c[nH]nc1-c1cc(OCCc2ccccc2OC)cc(C(F)(F)F)c1. The summed E-state index contributed by atoms with van der Waals surface area (Å²) in [5.41, 5.74) is 1.80. The second-order valence-electron chi connectivity index (χ2n) is 7.75. The Morgan fingerprint density at radius 2 is 1.91 bits per heavy atom. The molecule has 6 nitrogen and oxygen atoms in total. The Hall–Kier alpha value is -3.04. The number of rotatable bonds is 11. The smallest absolute Gasteiger partial charge is 0.416 e. The van der Waals surface area contributed by atoms with E-state index in [-0.39, 0.29) is 12.4 Å². The molecule has 3 rings (SSSR count). The zero-order valence-electron chi connectivity index (χ0n) is 19.0. The summed E-state index contributed by atoms with van der Waals surface area (Å²) in [5.74, 6) is 0.863. The Balaban J connectivity index is 1.82. The van der Waals surface area contributed by atoms with Crippen LogP contribution in [0, 0.1) is 0 Å². The lowest BCUT2D eigenvalue weighted by molar-refractivity contribution is -0.137. The Morgan fingerprint density at radius 1 is 1.12 bits per heavy atom. The normalized spacial score (nSPS) is 11.7. The second-order valence-corrected chi connectivity index (χ2v) is 7.75. The average molecular weight is 463 g/mol. The summed E-state index contributed by atoms with van der Waals surface area (Å²) in [6, 6.07) is 11.2. The highest BCUT2D eigenvalue weighted by Gasteiger charge is 2.32. The minimum atomic E-state index is -4.50. The molecule has 1 aromatic heterocycles. The number of H-pyrrole nitrogens is 1. The highest BCUT2D eigenvalue weighted by Crippen LogP contribution is 2.36. The van der Waals surface area contributed by atoms with E-state index in [1.165, 1.54) is 0 Å². The number of ether oxygens (including phenoxy) is 2. The van der Waals surface area contributed by atoms with Crippen LogP contribution in [0.15, 0.2) is 48.7 Å². The maximum absolute atomic E-state index is 13.6. The van der Waals surface area contributed by atoms with Gasteiger partial charge in [0, 0.05) is 43.4 Å². The van der Waals surface area contributed by atoms with E-state index >= 15 is 0 Å². The molecular weight excluding hydrogens is 433 g/mol. The third-order valence-electron chi connectivity index (χ3n) is 5.24. The fourth-order valence-corrected chi connectivity index (χ4v) is 3.53. The lowest BCUT2D eigenvalue weighted by atomic mass is 10.0. The molecule has 0 saturated heterocycles. The first-order valence-corrected chi connectivity index (χ1v) is 10.6. The molecule has 0 radical (unpaired) electrons. The number of halogens is 3. The third kappa shape index (κ3) is 6.72. The van der Waals surface area contributed by atoms with Crippen molar-refractivity contribution in [3.63, 3.8) is 0 Å². The number of para-hydroxylation sites is 1. The molecule has 2 N–H and O–H groups in total. The van der Waals surface area contributed by atoms with E-state index < -0.39 is 11.7 Å². The monoisotopic (exact) mass is 462 g/mol. The summed E-state index contributed by atoms with van der Waals surface area (Å²) in [7, 11) is 5.40. The number of nitrogens with one attached hydrogen (secondary N) is 2. The number of nitrogens with zero attached hydrogens (tertiary/aromatic N) is 2. The van der Waals surface area contributed by atoms with Gasteiger partial charge in [-0.05, 0) is 43.9 Å². The van der Waals surface area contributed by atoms with E-state index in [4.69, 9.17) is 9.47 Å². The minimum absolute atomic E-state index is 0.146. The highest BCUT2D eigenvalue weighted by molar-refractivity contribution is 5.66. The van der Waals surface area contributed by atoms with Gasteiger partial charge in [0.05, 0.1) is 25.0 Å². The number of benzene rings is 2. The molecule has 0 spiro atoms. The maximum Gasteiger partial charge on any atom is 0.416 e. The van der Waals surface area contributed by atoms with Gasteiger partial charge in [0.1, 0.15) is 11.5 Å². The van der Waals surface area contributed by atoms with Crippen molar-refractivity contribution in [2.24, 2.45) is 0 Å². The number of methoxy groups -OCH3 is 1. The summed E-state index contributed by atoms with van der Waals surface area (Å²) in [5, 5.41) is 10.1. The first-order valence-electron chi connectivity index (χ1n) is 10.6. The molecule has 178 valence electrons. The topological polar surface area (TPSA) is 62.4 Å². The number of hydrogen-bond acceptors (Lipinski definition) is 5. The van der Waals surface area contributed by atoms with Gasteiger partial charge in [-0.1, -0.05) is 18.2 Å². The van der Waals surface area contributed by atoms with E-state index in [2.05, 4.69) is 20.4 Å². The van der Waals surface area contributed by atoms with Crippen LogP contribution in [0.3, 0.4) is 0 Å². The zero-order chi connectivity index (χ0) is 23.8. The van der Waals surface area contributed by atoms with Crippen LogP contribution < -0.4 is 14.8 Å². The van der Waals surface area contributed by atoms with Gasteiger partial charge in [-0.3, -0.25) is 5.10 Å². The molecule has 0 aliphatic rings. The summed E-state index contributed by atoms with van der Waals surface area (Å²) < 4.78 is 51.9. The lowest BCUT2D eigenvalue weighted by Gasteiger charge is -2.17. The molecule has 0 bridgehead atoms. The minimum Gasteiger partial charge on any atom is -0.496 e. The largest absolute Gasteiger partial charge is 0.496 e. The highest BCUT2D eigenvalue weighted by atomic mass is 19.4. The summed E-state index contributed by atoms with van der Waals surface area (Å²) in [6.45, 7) is 2.35. The van der Waals surface area contributed by atoms with E-state index in [0.717, 1.165) is 42.1 Å². The third-order valence-corrected chi connectivity index (χ3v) is 5.24. The molecule has 0 aliphatic heterocycles. The van der Waals surface area contributed by atoms with E-state index in [0.29, 0.717) is 24.2 Å². The van der Waals surface area contributed by atoms with Gasteiger partial charge >= 0.3 is 6.18 Å². The molecule has 1 heterocycles. The number of hydrogen-bond donors (Lipinski definition) is 2. The van der Waals surface area contributed by atoms with Gasteiger partial charge < -0.3 is 19.7 Å². The molecule has 0 amide bonds. The number of aromatic nitrogens is 2. The fraction of sp³-hybridized carbons (Fsp3) is 0.375. The van der Waals surface area contributed by atoms with Crippen LogP contribution >= 0.6 is 0 Å². The van der Waals surface area contributed by atoms with Gasteiger partial charge in [0.2, 0.25) is 0 Å². The van der Waals surface area contributed by atoms with Crippen molar-refractivity contribution in [2.45, 2.75) is 19.1 Å². The van der Waals surface area contributed by atoms with Crippen LogP contribution in [0.5, 0.6) is 11.5 Å². The first kappa shape index (κ1) is 24.6.